The summed E-state index contributed by atoms with van der Waals surface area (Å²) in [6.07, 6.45) is 5.35. The lowest BCUT2D eigenvalue weighted by Crippen LogP contribution is -2.42. The number of halogens is 1. The molecule has 1 aromatic carbocycles. The van der Waals surface area contributed by atoms with Crippen molar-refractivity contribution in [1.82, 2.24) is 0 Å². The monoisotopic (exact) mass is 438 g/mol. The number of Topliss-reactive ketones (excluding diaryl/α,β-unsaturated/α-hetero) is 1. The smallest absolute Gasteiger partial charge is 0.308 e. The number of carbonyl (C=O) groups excluding carboxylic acids is 2. The summed E-state index contributed by atoms with van der Waals surface area (Å²) in [4.78, 5) is 23.8. The van der Waals surface area contributed by atoms with Crippen LogP contribution in [0.5, 0.6) is 5.75 Å². The second-order valence-electron chi connectivity index (χ2n) is 7.89. The Kier molecular flexibility index (Phi) is 4.01. The van der Waals surface area contributed by atoms with Gasteiger partial charge in [0.15, 0.2) is 5.78 Å². The van der Waals surface area contributed by atoms with Gasteiger partial charge in [-0.05, 0) is 73.1 Å². The van der Waals surface area contributed by atoms with Crippen LogP contribution in [0.4, 0.5) is 0 Å². The van der Waals surface area contributed by atoms with Gasteiger partial charge in [-0.15, -0.1) is 0 Å². The van der Waals surface area contributed by atoms with E-state index in [-0.39, 0.29) is 15.3 Å². The zero-order valence-electron chi connectivity index (χ0n) is 14.2. The van der Waals surface area contributed by atoms with Gasteiger partial charge in [0.1, 0.15) is 5.75 Å². The minimum Gasteiger partial charge on any atom is -0.427 e. The highest BCUT2D eigenvalue weighted by molar-refractivity contribution is 14.1. The van der Waals surface area contributed by atoms with Crippen molar-refractivity contribution in [2.45, 2.75) is 55.8 Å². The average Bonchev–Trinajstić information content (AvgIpc) is 2.77. The van der Waals surface area contributed by atoms with Crippen LogP contribution in [0, 0.1) is 17.3 Å². The molecule has 0 radical (unpaired) electrons. The quantitative estimate of drug-likeness (QED) is 0.282. The van der Waals surface area contributed by atoms with Crippen LogP contribution in [-0.4, -0.2) is 15.7 Å². The number of ketones is 1. The van der Waals surface area contributed by atoms with Crippen molar-refractivity contribution >= 4 is 34.3 Å². The molecule has 1 aromatic rings. The SMILES string of the molecule is CC(=O)Oc1ccc2c(c1)CC[C@@H]1[C@@H]2CC[C@]2(C)C(=O)[C@H](I)C[C@@H]12. The van der Waals surface area contributed by atoms with Crippen molar-refractivity contribution in [3.8, 4) is 5.75 Å². The minimum atomic E-state index is -0.269. The molecule has 0 amide bonds. The highest BCUT2D eigenvalue weighted by atomic mass is 127. The predicted octanol–water partition coefficient (Wildman–Crippen LogP) is 4.45. The summed E-state index contributed by atoms with van der Waals surface area (Å²) in [5.41, 5.74) is 2.66. The summed E-state index contributed by atoms with van der Waals surface area (Å²) < 4.78 is 5.44. The molecular formula is C20H23IO3. The van der Waals surface area contributed by atoms with E-state index in [2.05, 4.69) is 35.6 Å². The zero-order chi connectivity index (χ0) is 17.1. The number of hydrogen-bond donors (Lipinski definition) is 0. The summed E-state index contributed by atoms with van der Waals surface area (Å²) in [5, 5.41) is 0. The first-order valence-electron chi connectivity index (χ1n) is 8.90. The van der Waals surface area contributed by atoms with E-state index in [1.165, 1.54) is 18.1 Å². The summed E-state index contributed by atoms with van der Waals surface area (Å²) >= 11 is 2.35. The lowest BCUT2D eigenvalue weighted by Gasteiger charge is -2.48. The molecule has 3 nitrogen and oxygen atoms in total. The van der Waals surface area contributed by atoms with Gasteiger partial charge in [-0.2, -0.15) is 0 Å². The molecule has 0 aliphatic heterocycles. The highest BCUT2D eigenvalue weighted by Crippen LogP contribution is 2.60. The van der Waals surface area contributed by atoms with Crippen LogP contribution in [0.2, 0.25) is 0 Å². The van der Waals surface area contributed by atoms with Crippen LogP contribution in [0.1, 0.15) is 56.6 Å². The van der Waals surface area contributed by atoms with Gasteiger partial charge in [-0.3, -0.25) is 9.59 Å². The van der Waals surface area contributed by atoms with E-state index in [1.54, 1.807) is 0 Å². The van der Waals surface area contributed by atoms with Gasteiger partial charge in [0.25, 0.3) is 0 Å². The molecule has 5 atom stereocenters. The first-order chi connectivity index (χ1) is 11.4. The molecule has 0 bridgehead atoms. The molecule has 24 heavy (non-hydrogen) atoms. The fourth-order valence-electron chi connectivity index (χ4n) is 5.54. The summed E-state index contributed by atoms with van der Waals surface area (Å²) in [5.74, 6) is 2.60. The van der Waals surface area contributed by atoms with Crippen LogP contribution < -0.4 is 4.74 Å². The van der Waals surface area contributed by atoms with E-state index >= 15 is 0 Å². The van der Waals surface area contributed by atoms with Crippen molar-refractivity contribution in [3.05, 3.63) is 29.3 Å². The zero-order valence-corrected chi connectivity index (χ0v) is 16.3. The fourth-order valence-corrected chi connectivity index (χ4v) is 6.80. The maximum absolute atomic E-state index is 12.7. The lowest BCUT2D eigenvalue weighted by atomic mass is 9.55. The Morgan fingerprint density at radius 1 is 1.33 bits per heavy atom. The van der Waals surface area contributed by atoms with E-state index in [0.717, 1.165) is 32.1 Å². The Labute approximate surface area is 156 Å². The van der Waals surface area contributed by atoms with Crippen molar-refractivity contribution in [2.24, 2.45) is 17.3 Å². The topological polar surface area (TPSA) is 43.4 Å². The molecule has 4 rings (SSSR count). The number of benzene rings is 1. The van der Waals surface area contributed by atoms with Crippen molar-refractivity contribution in [2.75, 3.05) is 0 Å². The second-order valence-corrected chi connectivity index (χ2v) is 9.40. The van der Waals surface area contributed by atoms with E-state index in [0.29, 0.717) is 29.3 Å². The van der Waals surface area contributed by atoms with Crippen molar-refractivity contribution in [1.29, 1.82) is 0 Å². The Morgan fingerprint density at radius 2 is 2.12 bits per heavy atom. The van der Waals surface area contributed by atoms with Gasteiger partial charge in [-0.25, -0.2) is 0 Å². The van der Waals surface area contributed by atoms with Gasteiger partial charge in [0.05, 0.1) is 3.92 Å². The summed E-state index contributed by atoms with van der Waals surface area (Å²) in [7, 11) is 0. The van der Waals surface area contributed by atoms with Gasteiger partial charge in [0, 0.05) is 12.3 Å². The number of ether oxygens (including phenoxy) is 1. The highest BCUT2D eigenvalue weighted by Gasteiger charge is 2.57. The number of fused-ring (bicyclic) bond motifs is 5. The van der Waals surface area contributed by atoms with Crippen LogP contribution in [0.3, 0.4) is 0 Å². The molecule has 0 saturated heterocycles. The third-order valence-electron chi connectivity index (χ3n) is 6.66. The number of alkyl halides is 1. The largest absolute Gasteiger partial charge is 0.427 e. The maximum atomic E-state index is 12.7. The van der Waals surface area contributed by atoms with Crippen LogP contribution in [0.25, 0.3) is 0 Å². The first kappa shape index (κ1) is 16.6. The van der Waals surface area contributed by atoms with Crippen LogP contribution in [0.15, 0.2) is 18.2 Å². The molecule has 128 valence electrons. The van der Waals surface area contributed by atoms with E-state index in [1.807, 2.05) is 12.1 Å². The molecule has 0 N–H and O–H groups in total. The van der Waals surface area contributed by atoms with Crippen LogP contribution in [-0.2, 0) is 16.0 Å². The number of rotatable bonds is 1. The normalized spacial score (nSPS) is 37.4. The van der Waals surface area contributed by atoms with E-state index in [4.69, 9.17) is 4.74 Å². The molecule has 0 heterocycles. The average molecular weight is 438 g/mol. The first-order valence-corrected chi connectivity index (χ1v) is 10.1. The van der Waals surface area contributed by atoms with Crippen molar-refractivity contribution in [3.63, 3.8) is 0 Å². The number of hydrogen-bond acceptors (Lipinski definition) is 3. The Hall–Kier alpha value is -0.910. The molecule has 0 aromatic heterocycles. The standard InChI is InChI=1S/C20H23IO3/c1-11(22)24-13-4-6-14-12(9-13)3-5-16-15(14)7-8-20(2)17(16)10-18(21)19(20)23/h4,6,9,15-18H,3,5,7-8,10H2,1-2H3/t15-,16-,17+,18-,20+/m1/s1. The minimum absolute atomic E-state index is 0.0950. The Morgan fingerprint density at radius 3 is 2.88 bits per heavy atom. The third kappa shape index (κ3) is 2.44. The van der Waals surface area contributed by atoms with Crippen LogP contribution >= 0.6 is 22.6 Å². The van der Waals surface area contributed by atoms with E-state index in [9.17, 15) is 9.59 Å². The lowest BCUT2D eigenvalue weighted by molar-refractivity contribution is -0.132. The molecule has 0 unspecified atom stereocenters. The molecule has 2 fully saturated rings. The molecule has 3 aliphatic rings. The second kappa shape index (κ2) is 5.82. The number of aryl methyl sites for hydroxylation is 1. The number of carbonyl (C=O) groups is 2. The third-order valence-corrected chi connectivity index (χ3v) is 7.73. The van der Waals surface area contributed by atoms with Gasteiger partial charge >= 0.3 is 5.97 Å². The van der Waals surface area contributed by atoms with E-state index < -0.39 is 0 Å². The maximum Gasteiger partial charge on any atom is 0.308 e. The fraction of sp³-hybridized carbons (Fsp3) is 0.600. The Bertz CT molecular complexity index is 713. The molecule has 4 heteroatoms. The van der Waals surface area contributed by atoms with Gasteiger partial charge < -0.3 is 4.74 Å². The summed E-state index contributed by atoms with van der Waals surface area (Å²) in [6.45, 7) is 3.66. The summed E-state index contributed by atoms with van der Waals surface area (Å²) in [6, 6.07) is 6.13. The Balaban J connectivity index is 1.65. The van der Waals surface area contributed by atoms with Gasteiger partial charge in [-0.1, -0.05) is 35.6 Å². The predicted molar refractivity (Wildman–Crippen MR) is 101 cm³/mol. The number of esters is 1. The molecule has 2 saturated carbocycles. The van der Waals surface area contributed by atoms with Crippen molar-refractivity contribution < 1.29 is 14.3 Å². The molecule has 0 spiro atoms. The molecular weight excluding hydrogens is 415 g/mol. The van der Waals surface area contributed by atoms with Gasteiger partial charge in [0.2, 0.25) is 0 Å². The molecule has 3 aliphatic carbocycles.